The summed E-state index contributed by atoms with van der Waals surface area (Å²) in [6, 6.07) is 7.69. The number of hydrogen-bond acceptors (Lipinski definition) is 3. The average Bonchev–Trinajstić information content (AvgIpc) is 2.45. The van der Waals surface area contributed by atoms with Gasteiger partial charge in [0.1, 0.15) is 0 Å². The summed E-state index contributed by atoms with van der Waals surface area (Å²) in [6.07, 6.45) is -3.92. The van der Waals surface area contributed by atoms with Crippen molar-refractivity contribution in [3.63, 3.8) is 0 Å². The first kappa shape index (κ1) is 15.0. The second-order valence-electron chi connectivity index (χ2n) is 4.43. The van der Waals surface area contributed by atoms with E-state index in [0.29, 0.717) is 22.6 Å². The predicted octanol–water partition coefficient (Wildman–Crippen LogP) is 2.74. The molecular weight excluding hydrogens is 283 g/mol. The molecular formula is C14H12F3N3O. The molecule has 0 aliphatic rings. The molecule has 1 aromatic carbocycles. The summed E-state index contributed by atoms with van der Waals surface area (Å²) in [6.45, 7) is 0. The maximum absolute atomic E-state index is 12.2. The third-order valence-electron chi connectivity index (χ3n) is 2.81. The van der Waals surface area contributed by atoms with Crippen molar-refractivity contribution in [3.05, 3.63) is 47.8 Å². The second kappa shape index (κ2) is 5.90. The van der Waals surface area contributed by atoms with Crippen molar-refractivity contribution in [2.24, 2.45) is 5.73 Å². The van der Waals surface area contributed by atoms with Crippen LogP contribution in [-0.4, -0.2) is 22.1 Å². The molecule has 110 valence electrons. The normalized spacial score (nSPS) is 11.4. The van der Waals surface area contributed by atoms with Crippen LogP contribution in [0.1, 0.15) is 22.5 Å². The van der Waals surface area contributed by atoms with Crippen molar-refractivity contribution in [2.75, 3.05) is 0 Å². The van der Waals surface area contributed by atoms with E-state index in [1.807, 2.05) is 0 Å². The van der Waals surface area contributed by atoms with Crippen LogP contribution in [-0.2, 0) is 6.42 Å². The molecule has 1 aromatic heterocycles. The molecule has 2 rings (SSSR count). The first-order chi connectivity index (χ1) is 9.85. The SMILES string of the molecule is NC(=O)c1ccc(-c2nccc(CCC(F)(F)F)n2)cc1. The monoisotopic (exact) mass is 295 g/mol. The van der Waals surface area contributed by atoms with Crippen LogP contribution in [0.25, 0.3) is 11.4 Å². The molecule has 0 saturated carbocycles. The van der Waals surface area contributed by atoms with E-state index in [0.717, 1.165) is 0 Å². The Balaban J connectivity index is 2.18. The van der Waals surface area contributed by atoms with Gasteiger partial charge >= 0.3 is 6.18 Å². The van der Waals surface area contributed by atoms with Crippen molar-refractivity contribution in [2.45, 2.75) is 19.0 Å². The Labute approximate surface area is 118 Å². The molecule has 1 amide bonds. The van der Waals surface area contributed by atoms with Crippen molar-refractivity contribution in [1.82, 2.24) is 9.97 Å². The minimum Gasteiger partial charge on any atom is -0.366 e. The fourth-order valence-electron chi connectivity index (χ4n) is 1.73. The van der Waals surface area contributed by atoms with Gasteiger partial charge in [-0.25, -0.2) is 9.97 Å². The number of nitrogens with zero attached hydrogens (tertiary/aromatic N) is 2. The molecule has 0 atom stereocenters. The lowest BCUT2D eigenvalue weighted by molar-refractivity contribution is -0.134. The van der Waals surface area contributed by atoms with Crippen LogP contribution in [0.2, 0.25) is 0 Å². The van der Waals surface area contributed by atoms with Crippen molar-refractivity contribution in [1.29, 1.82) is 0 Å². The number of aromatic nitrogens is 2. The minimum absolute atomic E-state index is 0.196. The van der Waals surface area contributed by atoms with Gasteiger partial charge in [-0.15, -0.1) is 0 Å². The van der Waals surface area contributed by atoms with Gasteiger partial charge in [-0.1, -0.05) is 12.1 Å². The van der Waals surface area contributed by atoms with Gasteiger partial charge in [0.25, 0.3) is 0 Å². The molecule has 0 aliphatic carbocycles. The summed E-state index contributed by atoms with van der Waals surface area (Å²) in [5.74, 6) is -0.243. The number of benzene rings is 1. The van der Waals surface area contributed by atoms with Crippen molar-refractivity contribution >= 4 is 5.91 Å². The third kappa shape index (κ3) is 4.27. The molecule has 1 heterocycles. The number of alkyl halides is 3. The first-order valence-corrected chi connectivity index (χ1v) is 6.14. The maximum Gasteiger partial charge on any atom is 0.389 e. The second-order valence-corrected chi connectivity index (χ2v) is 4.43. The molecule has 2 aromatic rings. The number of primary amides is 1. The van der Waals surface area contributed by atoms with Crippen molar-refractivity contribution in [3.8, 4) is 11.4 Å². The number of amides is 1. The summed E-state index contributed by atoms with van der Waals surface area (Å²) < 4.78 is 36.6. The Bertz CT molecular complexity index is 639. The Hall–Kier alpha value is -2.44. The molecule has 7 heteroatoms. The Morgan fingerprint density at radius 2 is 1.81 bits per heavy atom. The fraction of sp³-hybridized carbons (Fsp3) is 0.214. The fourth-order valence-corrected chi connectivity index (χ4v) is 1.73. The molecule has 0 unspecified atom stereocenters. The summed E-state index contributed by atoms with van der Waals surface area (Å²) in [5.41, 5.74) is 6.39. The van der Waals surface area contributed by atoms with Gasteiger partial charge in [0, 0.05) is 29.4 Å². The lowest BCUT2D eigenvalue weighted by Gasteiger charge is -2.07. The van der Waals surface area contributed by atoms with Gasteiger partial charge in [0.15, 0.2) is 5.82 Å². The van der Waals surface area contributed by atoms with Gasteiger partial charge in [-0.3, -0.25) is 4.79 Å². The van der Waals surface area contributed by atoms with E-state index in [4.69, 9.17) is 5.73 Å². The first-order valence-electron chi connectivity index (χ1n) is 6.14. The predicted molar refractivity (Wildman–Crippen MR) is 70.4 cm³/mol. The molecule has 0 saturated heterocycles. The van der Waals surface area contributed by atoms with Crippen molar-refractivity contribution < 1.29 is 18.0 Å². The number of halogens is 3. The topological polar surface area (TPSA) is 68.9 Å². The number of carbonyl (C=O) groups is 1. The lowest BCUT2D eigenvalue weighted by atomic mass is 10.1. The highest BCUT2D eigenvalue weighted by Crippen LogP contribution is 2.22. The summed E-state index contributed by atoms with van der Waals surface area (Å²) in [7, 11) is 0. The van der Waals surface area contributed by atoms with Crippen LogP contribution >= 0.6 is 0 Å². The third-order valence-corrected chi connectivity index (χ3v) is 2.81. The number of carbonyl (C=O) groups excluding carboxylic acids is 1. The Morgan fingerprint density at radius 1 is 1.14 bits per heavy atom. The van der Waals surface area contributed by atoms with Crippen LogP contribution < -0.4 is 5.73 Å². The minimum atomic E-state index is -4.21. The van der Waals surface area contributed by atoms with Crippen LogP contribution in [0.4, 0.5) is 13.2 Å². The molecule has 2 N–H and O–H groups in total. The molecule has 0 spiro atoms. The van der Waals surface area contributed by atoms with Gasteiger partial charge in [-0.05, 0) is 24.6 Å². The number of hydrogen-bond donors (Lipinski definition) is 1. The van der Waals surface area contributed by atoms with Crippen LogP contribution in [0.3, 0.4) is 0 Å². The number of rotatable bonds is 4. The van der Waals surface area contributed by atoms with E-state index in [1.165, 1.54) is 24.4 Å². The largest absolute Gasteiger partial charge is 0.389 e. The highest BCUT2D eigenvalue weighted by Gasteiger charge is 2.26. The molecule has 0 bridgehead atoms. The van der Waals surface area contributed by atoms with E-state index >= 15 is 0 Å². The Morgan fingerprint density at radius 3 is 2.38 bits per heavy atom. The Kier molecular flexibility index (Phi) is 4.21. The van der Waals surface area contributed by atoms with E-state index in [9.17, 15) is 18.0 Å². The zero-order valence-corrected chi connectivity index (χ0v) is 10.9. The van der Waals surface area contributed by atoms with Crippen LogP contribution in [0.15, 0.2) is 36.5 Å². The molecule has 0 fully saturated rings. The molecule has 0 aliphatic heterocycles. The lowest BCUT2D eigenvalue weighted by Crippen LogP contribution is -2.10. The van der Waals surface area contributed by atoms with E-state index in [-0.39, 0.29) is 6.42 Å². The average molecular weight is 295 g/mol. The molecule has 21 heavy (non-hydrogen) atoms. The maximum atomic E-state index is 12.2. The quantitative estimate of drug-likeness (QED) is 0.943. The van der Waals surface area contributed by atoms with Gasteiger partial charge < -0.3 is 5.73 Å². The summed E-state index contributed by atoms with van der Waals surface area (Å²) >= 11 is 0. The van der Waals surface area contributed by atoms with E-state index in [2.05, 4.69) is 9.97 Å². The smallest absolute Gasteiger partial charge is 0.366 e. The highest BCUT2D eigenvalue weighted by molar-refractivity contribution is 5.93. The summed E-state index contributed by atoms with van der Waals surface area (Å²) in [5, 5.41) is 0. The highest BCUT2D eigenvalue weighted by atomic mass is 19.4. The van der Waals surface area contributed by atoms with Crippen LogP contribution in [0, 0.1) is 0 Å². The van der Waals surface area contributed by atoms with Gasteiger partial charge in [0.2, 0.25) is 5.91 Å². The molecule has 4 nitrogen and oxygen atoms in total. The number of aryl methyl sites for hydroxylation is 1. The zero-order valence-electron chi connectivity index (χ0n) is 10.9. The van der Waals surface area contributed by atoms with Gasteiger partial charge in [-0.2, -0.15) is 13.2 Å². The van der Waals surface area contributed by atoms with E-state index in [1.54, 1.807) is 12.1 Å². The van der Waals surface area contributed by atoms with E-state index < -0.39 is 18.5 Å². The zero-order chi connectivity index (χ0) is 15.5. The standard InChI is InChI=1S/C14H12F3N3O/c15-14(16,17)7-5-11-6-8-19-13(20-11)10-3-1-9(2-4-10)12(18)21/h1-4,6,8H,5,7H2,(H2,18,21). The number of nitrogens with two attached hydrogens (primary N) is 1. The molecule has 0 radical (unpaired) electrons. The van der Waals surface area contributed by atoms with Crippen LogP contribution in [0.5, 0.6) is 0 Å². The summed E-state index contributed by atoms with van der Waals surface area (Å²) in [4.78, 5) is 19.1. The van der Waals surface area contributed by atoms with Gasteiger partial charge in [0.05, 0.1) is 0 Å².